The van der Waals surface area contributed by atoms with Gasteiger partial charge in [-0.3, -0.25) is 4.55 Å². The molecule has 0 unspecified atom stereocenters. The molecule has 0 spiro atoms. The summed E-state index contributed by atoms with van der Waals surface area (Å²) in [4.78, 5) is 11.0. The van der Waals surface area contributed by atoms with Gasteiger partial charge in [0.1, 0.15) is 0 Å². The number of anilines is 1. The molecule has 2 aromatic rings. The molecular formula is C16H19NO5S. The molecule has 2 aromatic carbocycles. The van der Waals surface area contributed by atoms with Crippen LogP contribution in [0, 0.1) is 6.92 Å². The number of carbonyl (C=O) groups excluding carboxylic acids is 1. The van der Waals surface area contributed by atoms with Gasteiger partial charge in [0.05, 0.1) is 17.1 Å². The molecule has 0 aliphatic carbocycles. The zero-order chi connectivity index (χ0) is 17.5. The highest BCUT2D eigenvalue weighted by molar-refractivity contribution is 7.85. The molecule has 0 bridgehead atoms. The topological polar surface area (TPSA) is 107 Å². The molecular weight excluding hydrogens is 318 g/mol. The van der Waals surface area contributed by atoms with Crippen molar-refractivity contribution in [3.63, 3.8) is 0 Å². The van der Waals surface area contributed by atoms with Crippen molar-refractivity contribution >= 4 is 21.8 Å². The second-order valence-corrected chi connectivity index (χ2v) is 6.05. The molecule has 124 valence electrons. The second-order valence-electron chi connectivity index (χ2n) is 4.63. The van der Waals surface area contributed by atoms with Crippen molar-refractivity contribution in [2.75, 3.05) is 12.3 Å². The highest BCUT2D eigenvalue weighted by Gasteiger charge is 2.06. The number of ether oxygens (including phenoxy) is 1. The van der Waals surface area contributed by atoms with E-state index in [2.05, 4.69) is 0 Å². The molecule has 3 N–H and O–H groups in total. The summed E-state index contributed by atoms with van der Waals surface area (Å²) in [5.74, 6) is -0.308. The third kappa shape index (κ3) is 6.50. The maximum atomic E-state index is 11.1. The Labute approximate surface area is 135 Å². The highest BCUT2D eigenvalue weighted by atomic mass is 32.2. The van der Waals surface area contributed by atoms with Gasteiger partial charge in [-0.2, -0.15) is 8.42 Å². The molecule has 0 fully saturated rings. The first-order valence-corrected chi connectivity index (χ1v) is 8.25. The first-order chi connectivity index (χ1) is 10.7. The van der Waals surface area contributed by atoms with Crippen LogP contribution in [0.25, 0.3) is 0 Å². The maximum Gasteiger partial charge on any atom is 0.338 e. The van der Waals surface area contributed by atoms with E-state index < -0.39 is 10.1 Å². The lowest BCUT2D eigenvalue weighted by Crippen LogP contribution is -2.04. The Kier molecular flexibility index (Phi) is 6.74. The summed E-state index contributed by atoms with van der Waals surface area (Å²) in [6.45, 7) is 4.01. The van der Waals surface area contributed by atoms with Gasteiger partial charge in [-0.05, 0) is 50.2 Å². The van der Waals surface area contributed by atoms with E-state index in [1.807, 2.05) is 6.92 Å². The Bertz CT molecular complexity index is 737. The lowest BCUT2D eigenvalue weighted by Gasteiger charge is -2.00. The van der Waals surface area contributed by atoms with Crippen molar-refractivity contribution in [2.24, 2.45) is 0 Å². The highest BCUT2D eigenvalue weighted by Crippen LogP contribution is 2.08. The summed E-state index contributed by atoms with van der Waals surface area (Å²) in [6.07, 6.45) is 0. The summed E-state index contributed by atoms with van der Waals surface area (Å²) >= 11 is 0. The lowest BCUT2D eigenvalue weighted by atomic mass is 10.2. The van der Waals surface area contributed by atoms with Crippen LogP contribution < -0.4 is 5.73 Å². The van der Waals surface area contributed by atoms with Crippen molar-refractivity contribution in [1.29, 1.82) is 0 Å². The number of hydrogen-bond acceptors (Lipinski definition) is 5. The minimum Gasteiger partial charge on any atom is -0.462 e. The molecule has 0 aliphatic rings. The molecule has 0 amide bonds. The molecule has 7 heteroatoms. The number of esters is 1. The quantitative estimate of drug-likeness (QED) is 0.506. The Balaban J connectivity index is 0.000000231. The Morgan fingerprint density at radius 1 is 1.09 bits per heavy atom. The number of rotatable bonds is 3. The van der Waals surface area contributed by atoms with E-state index in [1.54, 1.807) is 43.3 Å². The predicted octanol–water partition coefficient (Wildman–Crippen LogP) is 2.69. The number of hydrogen-bond donors (Lipinski definition) is 2. The second kappa shape index (κ2) is 8.30. The molecule has 0 aromatic heterocycles. The fourth-order valence-corrected chi connectivity index (χ4v) is 2.02. The van der Waals surface area contributed by atoms with Crippen LogP contribution in [0.15, 0.2) is 53.4 Å². The Hall–Kier alpha value is -2.38. The average Bonchev–Trinajstić information content (AvgIpc) is 2.48. The molecule has 6 nitrogen and oxygen atoms in total. The summed E-state index contributed by atoms with van der Waals surface area (Å²) in [6, 6.07) is 12.6. The number of carbonyl (C=O) groups is 1. The summed E-state index contributed by atoms with van der Waals surface area (Å²) in [5, 5.41) is 0. The molecule has 0 aliphatic heterocycles. The average molecular weight is 337 g/mol. The van der Waals surface area contributed by atoms with Crippen molar-refractivity contribution in [2.45, 2.75) is 18.7 Å². The summed E-state index contributed by atoms with van der Waals surface area (Å²) in [5.41, 5.74) is 7.58. The SMILES string of the molecule is CCOC(=O)c1ccc(N)cc1.Cc1ccc(S(=O)(=O)O)cc1. The summed E-state index contributed by atoms with van der Waals surface area (Å²) in [7, 11) is -4.02. The van der Waals surface area contributed by atoms with Crippen LogP contribution in [0.4, 0.5) is 5.69 Å². The first-order valence-electron chi connectivity index (χ1n) is 6.81. The Morgan fingerprint density at radius 3 is 2.04 bits per heavy atom. The maximum absolute atomic E-state index is 11.1. The molecule has 0 saturated carbocycles. The van der Waals surface area contributed by atoms with E-state index in [-0.39, 0.29) is 10.9 Å². The van der Waals surface area contributed by atoms with Crippen molar-refractivity contribution < 1.29 is 22.5 Å². The molecule has 0 heterocycles. The smallest absolute Gasteiger partial charge is 0.338 e. The van der Waals surface area contributed by atoms with Crippen LogP contribution >= 0.6 is 0 Å². The number of aryl methyl sites for hydroxylation is 1. The largest absolute Gasteiger partial charge is 0.462 e. The lowest BCUT2D eigenvalue weighted by molar-refractivity contribution is 0.0526. The van der Waals surface area contributed by atoms with Crippen molar-refractivity contribution in [3.05, 3.63) is 59.7 Å². The van der Waals surface area contributed by atoms with Gasteiger partial charge in [-0.1, -0.05) is 17.7 Å². The van der Waals surface area contributed by atoms with E-state index in [0.29, 0.717) is 17.9 Å². The molecule has 2 rings (SSSR count). The third-order valence-electron chi connectivity index (χ3n) is 2.74. The zero-order valence-electron chi connectivity index (χ0n) is 12.9. The monoisotopic (exact) mass is 337 g/mol. The molecule has 0 radical (unpaired) electrons. The van der Waals surface area contributed by atoms with E-state index in [1.165, 1.54) is 12.1 Å². The van der Waals surface area contributed by atoms with Crippen LogP contribution in [-0.2, 0) is 14.9 Å². The molecule has 0 saturated heterocycles. The standard InChI is InChI=1S/C9H11NO2.C7H8O3S/c1-2-12-9(11)7-3-5-8(10)6-4-7;1-6-2-4-7(5-3-6)11(8,9)10/h3-6H,2,10H2,1H3;2-5H,1H3,(H,8,9,10). The Morgan fingerprint density at radius 2 is 1.61 bits per heavy atom. The van der Waals surface area contributed by atoms with E-state index in [4.69, 9.17) is 15.0 Å². The minimum atomic E-state index is -4.02. The minimum absolute atomic E-state index is 0.0666. The summed E-state index contributed by atoms with van der Waals surface area (Å²) < 4.78 is 34.3. The van der Waals surface area contributed by atoms with Crippen molar-refractivity contribution in [1.82, 2.24) is 0 Å². The van der Waals surface area contributed by atoms with Gasteiger partial charge in [0, 0.05) is 5.69 Å². The van der Waals surface area contributed by atoms with Crippen molar-refractivity contribution in [3.8, 4) is 0 Å². The van der Waals surface area contributed by atoms with Gasteiger partial charge in [-0.25, -0.2) is 4.79 Å². The molecule has 0 atom stereocenters. The number of nitrogens with two attached hydrogens (primary N) is 1. The van der Waals surface area contributed by atoms with Gasteiger partial charge < -0.3 is 10.5 Å². The van der Waals surface area contributed by atoms with E-state index >= 15 is 0 Å². The fourth-order valence-electron chi connectivity index (χ4n) is 1.54. The van der Waals surface area contributed by atoms with Crippen LogP contribution in [0.3, 0.4) is 0 Å². The van der Waals surface area contributed by atoms with Gasteiger partial charge >= 0.3 is 5.97 Å². The third-order valence-corrected chi connectivity index (χ3v) is 3.61. The van der Waals surface area contributed by atoms with Crippen LogP contribution in [-0.4, -0.2) is 25.5 Å². The van der Waals surface area contributed by atoms with E-state index in [9.17, 15) is 13.2 Å². The van der Waals surface area contributed by atoms with E-state index in [0.717, 1.165) is 5.56 Å². The van der Waals surface area contributed by atoms with Gasteiger partial charge in [0.15, 0.2) is 0 Å². The van der Waals surface area contributed by atoms with Gasteiger partial charge in [-0.15, -0.1) is 0 Å². The van der Waals surface area contributed by atoms with Crippen LogP contribution in [0.1, 0.15) is 22.8 Å². The number of benzene rings is 2. The van der Waals surface area contributed by atoms with Crippen LogP contribution in [0.2, 0.25) is 0 Å². The van der Waals surface area contributed by atoms with Gasteiger partial charge in [0.2, 0.25) is 0 Å². The molecule has 23 heavy (non-hydrogen) atoms. The van der Waals surface area contributed by atoms with Gasteiger partial charge in [0.25, 0.3) is 10.1 Å². The fraction of sp³-hybridized carbons (Fsp3) is 0.188. The first kappa shape index (κ1) is 18.7. The number of nitrogen functional groups attached to an aromatic ring is 1. The normalized spacial score (nSPS) is 10.4. The zero-order valence-corrected chi connectivity index (χ0v) is 13.7. The predicted molar refractivity (Wildman–Crippen MR) is 87.8 cm³/mol. The van der Waals surface area contributed by atoms with Crippen LogP contribution in [0.5, 0.6) is 0 Å².